The van der Waals surface area contributed by atoms with Crippen LogP contribution in [0.2, 0.25) is 0 Å². The molecule has 0 saturated heterocycles. The Morgan fingerprint density at radius 1 is 1.03 bits per heavy atom. The molecule has 6 rings (SSSR count). The van der Waals surface area contributed by atoms with Gasteiger partial charge in [-0.1, -0.05) is 30.3 Å². The predicted molar refractivity (Wildman–Crippen MR) is 138 cm³/mol. The highest BCUT2D eigenvalue weighted by atomic mass is 16.5. The van der Waals surface area contributed by atoms with E-state index in [0.29, 0.717) is 12.4 Å². The van der Waals surface area contributed by atoms with Crippen LogP contribution in [0.3, 0.4) is 0 Å². The molecular formula is C27H24N6O2. The van der Waals surface area contributed by atoms with Crippen molar-refractivity contribution >= 4 is 44.8 Å². The van der Waals surface area contributed by atoms with Crippen LogP contribution in [0.15, 0.2) is 77.9 Å². The average Bonchev–Trinajstić information content (AvgIpc) is 3.40. The molecule has 8 heteroatoms. The number of rotatable bonds is 6. The number of aliphatic imine (C=N–C) groups is 1. The van der Waals surface area contributed by atoms with E-state index in [-0.39, 0.29) is 0 Å². The van der Waals surface area contributed by atoms with Crippen LogP contribution >= 0.6 is 0 Å². The molecule has 2 aromatic heterocycles. The standard InChI is InChI=1S/C27H24N6O2/c1-34-19-8-9-22-20(14-19)21-15-29-33-26(21)27(32-22)30-18-7-10-24-23(13-18)31-25(16-35-24)28-12-11-17-5-3-2-4-6-17/h2-10,13-15H,11-12,16H2,1H3,(H,28,31)(H,29,33)(H,30,32). The summed E-state index contributed by atoms with van der Waals surface area (Å²) in [5, 5.41) is 16.1. The second kappa shape index (κ2) is 8.98. The quantitative estimate of drug-likeness (QED) is 0.323. The van der Waals surface area contributed by atoms with Crippen molar-refractivity contribution in [3.8, 4) is 11.5 Å². The highest BCUT2D eigenvalue weighted by molar-refractivity contribution is 6.09. The van der Waals surface area contributed by atoms with Crippen LogP contribution in [0.1, 0.15) is 5.56 Å². The molecule has 35 heavy (non-hydrogen) atoms. The molecule has 3 heterocycles. The minimum atomic E-state index is 0.429. The van der Waals surface area contributed by atoms with Crippen molar-refractivity contribution in [3.05, 3.63) is 78.5 Å². The first-order valence-corrected chi connectivity index (χ1v) is 11.5. The van der Waals surface area contributed by atoms with Crippen molar-refractivity contribution in [1.82, 2.24) is 20.5 Å². The van der Waals surface area contributed by atoms with Gasteiger partial charge in [-0.15, -0.1) is 0 Å². The third-order valence-corrected chi connectivity index (χ3v) is 6.02. The first kappa shape index (κ1) is 21.0. The van der Waals surface area contributed by atoms with E-state index in [2.05, 4.69) is 45.1 Å². The molecule has 0 saturated carbocycles. The van der Waals surface area contributed by atoms with Gasteiger partial charge in [0.2, 0.25) is 0 Å². The Balaban J connectivity index is 1.24. The Kier molecular flexibility index (Phi) is 5.38. The summed E-state index contributed by atoms with van der Waals surface area (Å²) in [6.07, 6.45) is 2.80. The van der Waals surface area contributed by atoms with Crippen molar-refractivity contribution in [1.29, 1.82) is 0 Å². The number of aromatic amines is 1. The number of ether oxygens (including phenoxy) is 2. The van der Waals surface area contributed by atoms with E-state index in [9.17, 15) is 0 Å². The minimum absolute atomic E-state index is 0.429. The average molecular weight is 465 g/mol. The number of amidine groups is 1. The molecule has 1 aliphatic heterocycles. The summed E-state index contributed by atoms with van der Waals surface area (Å²) in [5.41, 5.74) is 4.52. The van der Waals surface area contributed by atoms with E-state index < -0.39 is 0 Å². The van der Waals surface area contributed by atoms with Gasteiger partial charge in [-0.05, 0) is 48.4 Å². The van der Waals surface area contributed by atoms with Gasteiger partial charge in [-0.2, -0.15) is 5.10 Å². The summed E-state index contributed by atoms with van der Waals surface area (Å²) in [7, 11) is 1.66. The van der Waals surface area contributed by atoms with E-state index in [4.69, 9.17) is 19.5 Å². The van der Waals surface area contributed by atoms with Crippen LogP contribution in [0.4, 0.5) is 17.2 Å². The zero-order valence-electron chi connectivity index (χ0n) is 19.2. The second-order valence-corrected chi connectivity index (χ2v) is 8.31. The fourth-order valence-corrected chi connectivity index (χ4v) is 4.24. The van der Waals surface area contributed by atoms with E-state index in [1.807, 2.05) is 48.7 Å². The van der Waals surface area contributed by atoms with Gasteiger partial charge < -0.3 is 20.1 Å². The highest BCUT2D eigenvalue weighted by Gasteiger charge is 2.16. The molecule has 0 unspecified atom stereocenters. The number of aromatic nitrogens is 3. The van der Waals surface area contributed by atoms with Gasteiger partial charge in [-0.3, -0.25) is 5.10 Å². The number of nitrogens with one attached hydrogen (secondary N) is 3. The van der Waals surface area contributed by atoms with Crippen LogP contribution < -0.4 is 20.1 Å². The number of methoxy groups -OCH3 is 1. The molecule has 0 atom stereocenters. The summed E-state index contributed by atoms with van der Waals surface area (Å²) in [6, 6.07) is 22.1. The van der Waals surface area contributed by atoms with Crippen molar-refractivity contribution in [2.75, 3.05) is 25.6 Å². The lowest BCUT2D eigenvalue weighted by Gasteiger charge is -2.19. The molecule has 0 amide bonds. The monoisotopic (exact) mass is 464 g/mol. The Morgan fingerprint density at radius 2 is 1.94 bits per heavy atom. The first-order valence-electron chi connectivity index (χ1n) is 11.5. The lowest BCUT2D eigenvalue weighted by Crippen LogP contribution is -2.32. The number of H-pyrrole nitrogens is 1. The van der Waals surface area contributed by atoms with Gasteiger partial charge >= 0.3 is 0 Å². The number of hydrogen-bond donors (Lipinski definition) is 3. The van der Waals surface area contributed by atoms with E-state index in [1.165, 1.54) is 5.56 Å². The van der Waals surface area contributed by atoms with Crippen molar-refractivity contribution in [2.24, 2.45) is 4.99 Å². The molecular weight excluding hydrogens is 440 g/mol. The molecule has 8 nitrogen and oxygen atoms in total. The molecule has 0 bridgehead atoms. The maximum absolute atomic E-state index is 5.92. The normalized spacial score (nSPS) is 12.7. The molecule has 3 N–H and O–H groups in total. The topological polar surface area (TPSA) is 96.4 Å². The fraction of sp³-hybridized carbons (Fsp3) is 0.148. The van der Waals surface area contributed by atoms with Gasteiger partial charge in [0.05, 0.1) is 12.6 Å². The summed E-state index contributed by atoms with van der Waals surface area (Å²) in [6.45, 7) is 1.22. The third kappa shape index (κ3) is 4.21. The number of anilines is 2. The highest BCUT2D eigenvalue weighted by Crippen LogP contribution is 2.36. The molecule has 0 spiro atoms. The summed E-state index contributed by atoms with van der Waals surface area (Å²) >= 11 is 0. The Hall–Kier alpha value is -4.59. The predicted octanol–water partition coefficient (Wildman–Crippen LogP) is 5.12. The van der Waals surface area contributed by atoms with E-state index >= 15 is 0 Å². The van der Waals surface area contributed by atoms with Crippen LogP contribution in [0.5, 0.6) is 11.5 Å². The van der Waals surface area contributed by atoms with Gasteiger partial charge in [0.25, 0.3) is 0 Å². The van der Waals surface area contributed by atoms with Crippen molar-refractivity contribution in [3.63, 3.8) is 0 Å². The third-order valence-electron chi connectivity index (χ3n) is 6.02. The summed E-state index contributed by atoms with van der Waals surface area (Å²) in [4.78, 5) is 9.60. The van der Waals surface area contributed by atoms with Gasteiger partial charge in [0.15, 0.2) is 5.82 Å². The SMILES string of the molecule is COc1ccc2nc(Nc3ccc4c(c3)N=C(NCCc3ccccc3)CO4)c3n[nH]cc3c2c1. The van der Waals surface area contributed by atoms with Crippen LogP contribution in [-0.4, -0.2) is 41.3 Å². The molecule has 1 aliphatic rings. The molecule has 0 fully saturated rings. The molecule has 0 radical (unpaired) electrons. The minimum Gasteiger partial charge on any atom is -0.497 e. The molecule has 5 aromatic rings. The Morgan fingerprint density at radius 3 is 2.83 bits per heavy atom. The molecule has 174 valence electrons. The number of pyridine rings is 1. The van der Waals surface area contributed by atoms with Gasteiger partial charge in [0.1, 0.15) is 35.1 Å². The Labute approximate surface area is 202 Å². The van der Waals surface area contributed by atoms with Gasteiger partial charge in [-0.25, -0.2) is 9.98 Å². The van der Waals surface area contributed by atoms with E-state index in [1.54, 1.807) is 7.11 Å². The number of benzene rings is 3. The number of fused-ring (bicyclic) bond motifs is 4. The number of nitrogens with zero attached hydrogens (tertiary/aromatic N) is 3. The number of hydrogen-bond acceptors (Lipinski definition) is 7. The van der Waals surface area contributed by atoms with Crippen LogP contribution in [0, 0.1) is 0 Å². The van der Waals surface area contributed by atoms with Crippen molar-refractivity contribution in [2.45, 2.75) is 6.42 Å². The fourth-order valence-electron chi connectivity index (χ4n) is 4.24. The lowest BCUT2D eigenvalue weighted by molar-refractivity contribution is 0.367. The Bertz CT molecular complexity index is 1540. The maximum Gasteiger partial charge on any atom is 0.159 e. The smallest absolute Gasteiger partial charge is 0.159 e. The summed E-state index contributed by atoms with van der Waals surface area (Å²) < 4.78 is 11.3. The lowest BCUT2D eigenvalue weighted by atomic mass is 10.1. The zero-order chi connectivity index (χ0) is 23.6. The first-order chi connectivity index (χ1) is 17.3. The second-order valence-electron chi connectivity index (χ2n) is 8.31. The molecule has 0 aliphatic carbocycles. The molecule has 3 aromatic carbocycles. The van der Waals surface area contributed by atoms with Crippen molar-refractivity contribution < 1.29 is 9.47 Å². The van der Waals surface area contributed by atoms with Crippen LogP contribution in [0.25, 0.3) is 21.8 Å². The maximum atomic E-state index is 5.92. The van der Waals surface area contributed by atoms with Crippen LogP contribution in [-0.2, 0) is 6.42 Å². The largest absolute Gasteiger partial charge is 0.497 e. The van der Waals surface area contributed by atoms with Gasteiger partial charge in [0, 0.05) is 29.2 Å². The zero-order valence-corrected chi connectivity index (χ0v) is 19.2. The van der Waals surface area contributed by atoms with E-state index in [0.717, 1.165) is 63.5 Å². The summed E-state index contributed by atoms with van der Waals surface area (Å²) in [5.74, 6) is 3.02.